The molecule has 0 bridgehead atoms. The third-order valence-corrected chi connectivity index (χ3v) is 3.99. The topological polar surface area (TPSA) is 65.2 Å². The van der Waals surface area contributed by atoms with Crippen LogP contribution in [0.3, 0.4) is 0 Å². The number of aromatic nitrogens is 1. The number of ether oxygens (including phenoxy) is 1. The highest BCUT2D eigenvalue weighted by Gasteiger charge is 2.13. The van der Waals surface area contributed by atoms with E-state index in [-0.39, 0.29) is 12.2 Å². The van der Waals surface area contributed by atoms with Crippen molar-refractivity contribution in [2.24, 2.45) is 5.73 Å². The molecular formula is C17H12Cl2N2O2. The van der Waals surface area contributed by atoms with Crippen LogP contribution in [0.4, 0.5) is 0 Å². The van der Waals surface area contributed by atoms with Crippen molar-refractivity contribution in [2.45, 2.75) is 6.61 Å². The third-order valence-electron chi connectivity index (χ3n) is 3.40. The number of benzene rings is 2. The Morgan fingerprint density at radius 2 is 2.00 bits per heavy atom. The molecule has 6 heteroatoms. The van der Waals surface area contributed by atoms with E-state index in [4.69, 9.17) is 33.7 Å². The zero-order chi connectivity index (χ0) is 16.4. The van der Waals surface area contributed by atoms with Crippen LogP contribution in [0.5, 0.6) is 5.75 Å². The number of pyridine rings is 1. The van der Waals surface area contributed by atoms with Crippen LogP contribution in [0.25, 0.3) is 10.9 Å². The summed E-state index contributed by atoms with van der Waals surface area (Å²) in [5, 5.41) is 1.92. The van der Waals surface area contributed by atoms with E-state index >= 15 is 0 Å². The van der Waals surface area contributed by atoms with E-state index in [1.807, 2.05) is 18.2 Å². The molecule has 1 heterocycles. The molecule has 3 aromatic rings. The molecule has 2 N–H and O–H groups in total. The van der Waals surface area contributed by atoms with E-state index in [1.165, 1.54) is 6.07 Å². The predicted molar refractivity (Wildman–Crippen MR) is 91.1 cm³/mol. The fourth-order valence-corrected chi connectivity index (χ4v) is 2.67. The summed E-state index contributed by atoms with van der Waals surface area (Å²) >= 11 is 12.2. The number of hydrogen-bond donors (Lipinski definition) is 1. The van der Waals surface area contributed by atoms with E-state index in [9.17, 15) is 4.79 Å². The lowest BCUT2D eigenvalue weighted by Gasteiger charge is -2.12. The van der Waals surface area contributed by atoms with Gasteiger partial charge >= 0.3 is 0 Å². The summed E-state index contributed by atoms with van der Waals surface area (Å²) in [5.74, 6) is -0.254. The Morgan fingerprint density at radius 1 is 1.17 bits per heavy atom. The molecule has 0 radical (unpaired) electrons. The molecule has 0 spiro atoms. The predicted octanol–water partition coefficient (Wildman–Crippen LogP) is 4.22. The van der Waals surface area contributed by atoms with Gasteiger partial charge in [0, 0.05) is 27.2 Å². The maximum atomic E-state index is 11.5. The Kier molecular flexibility index (Phi) is 4.37. The van der Waals surface area contributed by atoms with Crippen LogP contribution < -0.4 is 10.5 Å². The number of primary amides is 1. The van der Waals surface area contributed by atoms with Gasteiger partial charge in [0.25, 0.3) is 5.91 Å². The highest BCUT2D eigenvalue weighted by atomic mass is 35.5. The second kappa shape index (κ2) is 6.44. The molecule has 0 saturated carbocycles. The fourth-order valence-electron chi connectivity index (χ4n) is 2.29. The van der Waals surface area contributed by atoms with Crippen molar-refractivity contribution in [1.29, 1.82) is 0 Å². The van der Waals surface area contributed by atoms with Crippen LogP contribution in [0.2, 0.25) is 10.0 Å². The van der Waals surface area contributed by atoms with E-state index in [0.29, 0.717) is 15.8 Å². The summed E-state index contributed by atoms with van der Waals surface area (Å²) in [6.07, 6.45) is 1.69. The Labute approximate surface area is 142 Å². The van der Waals surface area contributed by atoms with Gasteiger partial charge < -0.3 is 10.5 Å². The first-order valence-electron chi connectivity index (χ1n) is 6.80. The quantitative estimate of drug-likeness (QED) is 0.768. The van der Waals surface area contributed by atoms with Gasteiger partial charge in [-0.1, -0.05) is 35.3 Å². The first-order chi connectivity index (χ1) is 11.1. The minimum Gasteiger partial charge on any atom is -0.488 e. The van der Waals surface area contributed by atoms with Crippen LogP contribution in [0.15, 0.2) is 48.7 Å². The monoisotopic (exact) mass is 346 g/mol. The number of carbonyl (C=O) groups is 1. The van der Waals surface area contributed by atoms with Crippen molar-refractivity contribution >= 4 is 40.0 Å². The highest BCUT2D eigenvalue weighted by molar-refractivity contribution is 6.32. The van der Waals surface area contributed by atoms with Crippen molar-refractivity contribution in [3.8, 4) is 5.75 Å². The lowest BCUT2D eigenvalue weighted by molar-refractivity contribution is 0.0996. The van der Waals surface area contributed by atoms with Crippen molar-refractivity contribution in [3.63, 3.8) is 0 Å². The van der Waals surface area contributed by atoms with Gasteiger partial charge in [-0.25, -0.2) is 0 Å². The summed E-state index contributed by atoms with van der Waals surface area (Å²) in [6.45, 7) is 0.162. The average molecular weight is 347 g/mol. The number of hydrogen-bond acceptors (Lipinski definition) is 3. The first kappa shape index (κ1) is 15.6. The van der Waals surface area contributed by atoms with Crippen molar-refractivity contribution < 1.29 is 9.53 Å². The van der Waals surface area contributed by atoms with Gasteiger partial charge in [0.05, 0.1) is 11.1 Å². The molecule has 2 aromatic carbocycles. The number of fused-ring (bicyclic) bond motifs is 1. The van der Waals surface area contributed by atoms with E-state index in [0.717, 1.165) is 16.5 Å². The summed E-state index contributed by atoms with van der Waals surface area (Å²) in [4.78, 5) is 15.9. The molecule has 0 aliphatic heterocycles. The lowest BCUT2D eigenvalue weighted by Crippen LogP contribution is -2.13. The van der Waals surface area contributed by atoms with Crippen molar-refractivity contribution in [1.82, 2.24) is 4.98 Å². The van der Waals surface area contributed by atoms with Gasteiger partial charge in [-0.15, -0.1) is 0 Å². The summed E-state index contributed by atoms with van der Waals surface area (Å²) in [6, 6.07) is 12.2. The van der Waals surface area contributed by atoms with Crippen molar-refractivity contribution in [3.05, 3.63) is 69.8 Å². The molecule has 116 valence electrons. The van der Waals surface area contributed by atoms with Crippen LogP contribution >= 0.6 is 23.2 Å². The first-order valence-corrected chi connectivity index (χ1v) is 7.56. The molecule has 0 fully saturated rings. The van der Waals surface area contributed by atoms with Crippen molar-refractivity contribution in [2.75, 3.05) is 0 Å². The molecule has 23 heavy (non-hydrogen) atoms. The molecule has 0 unspecified atom stereocenters. The molecule has 0 saturated heterocycles. The number of nitrogens with two attached hydrogens (primary N) is 1. The molecule has 4 nitrogen and oxygen atoms in total. The van der Waals surface area contributed by atoms with Gasteiger partial charge in [-0.05, 0) is 30.3 Å². The van der Waals surface area contributed by atoms with Gasteiger partial charge in [0.1, 0.15) is 12.4 Å². The Bertz CT molecular complexity index is 897. The minimum absolute atomic E-state index is 0.162. The molecular weight excluding hydrogens is 335 g/mol. The molecule has 1 amide bonds. The smallest absolute Gasteiger partial charge is 0.252 e. The zero-order valence-electron chi connectivity index (χ0n) is 11.9. The number of nitrogens with zero attached hydrogens (tertiary/aromatic N) is 1. The van der Waals surface area contributed by atoms with Gasteiger partial charge in [0.2, 0.25) is 0 Å². The molecule has 3 rings (SSSR count). The lowest BCUT2D eigenvalue weighted by atomic mass is 10.1. The Morgan fingerprint density at radius 3 is 2.78 bits per heavy atom. The second-order valence-electron chi connectivity index (χ2n) is 4.89. The third kappa shape index (κ3) is 3.23. The summed E-state index contributed by atoms with van der Waals surface area (Å²) in [7, 11) is 0. The fraction of sp³-hybridized carbons (Fsp3) is 0.0588. The van der Waals surface area contributed by atoms with E-state index in [2.05, 4.69) is 4.98 Å². The zero-order valence-corrected chi connectivity index (χ0v) is 13.4. The molecule has 0 atom stereocenters. The second-order valence-corrected chi connectivity index (χ2v) is 5.74. The minimum atomic E-state index is -0.607. The maximum Gasteiger partial charge on any atom is 0.252 e. The van der Waals surface area contributed by atoms with Crippen LogP contribution in [0.1, 0.15) is 15.9 Å². The molecule has 0 aliphatic rings. The Balaban J connectivity index is 1.96. The number of rotatable bonds is 4. The number of halogens is 2. The number of carbonyl (C=O) groups excluding carboxylic acids is 1. The number of amides is 1. The SMILES string of the molecule is NC(=O)c1cc(Cl)ccc1OCc1c(Cl)ccc2cccnc12. The largest absolute Gasteiger partial charge is 0.488 e. The van der Waals surface area contributed by atoms with Gasteiger partial charge in [-0.3, -0.25) is 9.78 Å². The van der Waals surface area contributed by atoms with Crippen LogP contribution in [0, 0.1) is 0 Å². The maximum absolute atomic E-state index is 11.5. The van der Waals surface area contributed by atoms with Gasteiger partial charge in [-0.2, -0.15) is 0 Å². The highest BCUT2D eigenvalue weighted by Crippen LogP contribution is 2.28. The van der Waals surface area contributed by atoms with E-state index in [1.54, 1.807) is 24.4 Å². The Hall–Kier alpha value is -2.30. The normalized spacial score (nSPS) is 10.7. The molecule has 0 aliphatic carbocycles. The van der Waals surface area contributed by atoms with E-state index < -0.39 is 5.91 Å². The summed E-state index contributed by atoms with van der Waals surface area (Å²) in [5.41, 5.74) is 7.09. The molecule has 1 aromatic heterocycles. The average Bonchev–Trinajstić information content (AvgIpc) is 2.54. The summed E-state index contributed by atoms with van der Waals surface area (Å²) < 4.78 is 5.74. The van der Waals surface area contributed by atoms with Crippen LogP contribution in [-0.2, 0) is 6.61 Å². The van der Waals surface area contributed by atoms with Crippen LogP contribution in [-0.4, -0.2) is 10.9 Å². The van der Waals surface area contributed by atoms with Gasteiger partial charge in [0.15, 0.2) is 0 Å². The standard InChI is InChI=1S/C17H12Cl2N2O2/c18-11-4-6-15(12(8-11)17(20)22)23-9-13-14(19)5-3-10-2-1-7-21-16(10)13/h1-8H,9H2,(H2,20,22).